The first-order chi connectivity index (χ1) is 14.2. The lowest BCUT2D eigenvalue weighted by molar-refractivity contribution is -0.131. The van der Waals surface area contributed by atoms with Gasteiger partial charge in [-0.1, -0.05) is 6.07 Å². The number of imidazole rings is 1. The molecule has 5 rings (SSSR count). The summed E-state index contributed by atoms with van der Waals surface area (Å²) in [7, 11) is 0. The Bertz CT molecular complexity index is 1200. The second-order valence-electron chi connectivity index (χ2n) is 7.38. The van der Waals surface area contributed by atoms with E-state index in [1.165, 1.54) is 0 Å². The molecule has 7 nitrogen and oxygen atoms in total. The Labute approximate surface area is 167 Å². The summed E-state index contributed by atoms with van der Waals surface area (Å²) in [5.41, 5.74) is 4.41. The quantitative estimate of drug-likeness (QED) is 0.567. The lowest BCUT2D eigenvalue weighted by Gasteiger charge is -2.35. The van der Waals surface area contributed by atoms with Gasteiger partial charge in [-0.25, -0.2) is 4.98 Å². The summed E-state index contributed by atoms with van der Waals surface area (Å²) < 4.78 is 0. The van der Waals surface area contributed by atoms with Gasteiger partial charge in [0.1, 0.15) is 0 Å². The summed E-state index contributed by atoms with van der Waals surface area (Å²) in [4.78, 5) is 39.6. The van der Waals surface area contributed by atoms with Crippen LogP contribution < -0.4 is 0 Å². The van der Waals surface area contributed by atoms with E-state index >= 15 is 0 Å². The van der Waals surface area contributed by atoms with Gasteiger partial charge in [-0.2, -0.15) is 0 Å². The molecule has 7 heteroatoms. The molecule has 2 N–H and O–H groups in total. The number of aromatic amines is 2. The average molecular weight is 387 g/mol. The van der Waals surface area contributed by atoms with Gasteiger partial charge in [0, 0.05) is 43.5 Å². The topological polar surface area (TPSA) is 85.1 Å². The second-order valence-corrected chi connectivity index (χ2v) is 7.38. The molecule has 0 unspecified atom stereocenters. The van der Waals surface area contributed by atoms with Crippen LogP contribution in [0, 0.1) is 0 Å². The van der Waals surface area contributed by atoms with Crippen molar-refractivity contribution in [2.45, 2.75) is 6.42 Å². The van der Waals surface area contributed by atoms with E-state index in [1.807, 2.05) is 46.3 Å². The summed E-state index contributed by atoms with van der Waals surface area (Å²) in [6, 6.07) is 13.5. The minimum atomic E-state index is -0.00786. The molecule has 4 aromatic rings. The highest BCUT2D eigenvalue weighted by molar-refractivity contribution is 5.97. The van der Waals surface area contributed by atoms with Gasteiger partial charge in [-0.15, -0.1) is 0 Å². The number of fused-ring (bicyclic) bond motifs is 2. The summed E-state index contributed by atoms with van der Waals surface area (Å²) in [5, 5.41) is 1.11. The van der Waals surface area contributed by atoms with Crippen LogP contribution in [0.25, 0.3) is 21.9 Å². The molecule has 2 amide bonds. The third-order valence-corrected chi connectivity index (χ3v) is 5.56. The van der Waals surface area contributed by atoms with E-state index in [2.05, 4.69) is 21.0 Å². The number of amides is 2. The van der Waals surface area contributed by atoms with Crippen molar-refractivity contribution in [3.05, 3.63) is 66.1 Å². The molecule has 3 heterocycles. The van der Waals surface area contributed by atoms with Gasteiger partial charge >= 0.3 is 0 Å². The highest BCUT2D eigenvalue weighted by atomic mass is 16.2. The SMILES string of the molecule is O=C(Cc1ccc2[nH]ccc2c1)N1CCN(C(=O)c2ccc3nc[nH]c3c2)CC1. The minimum absolute atomic E-state index is 0.00786. The van der Waals surface area contributed by atoms with E-state index in [4.69, 9.17) is 0 Å². The zero-order chi connectivity index (χ0) is 19.8. The van der Waals surface area contributed by atoms with Crippen LogP contribution >= 0.6 is 0 Å². The fourth-order valence-electron chi connectivity index (χ4n) is 3.91. The fraction of sp³-hybridized carbons (Fsp3) is 0.227. The number of carbonyl (C=O) groups excluding carboxylic acids is 2. The maximum Gasteiger partial charge on any atom is 0.254 e. The molecule has 0 bridgehead atoms. The Morgan fingerprint density at radius 1 is 0.897 bits per heavy atom. The molecule has 1 aliphatic heterocycles. The molecule has 2 aromatic heterocycles. The van der Waals surface area contributed by atoms with Crippen molar-refractivity contribution in [1.29, 1.82) is 0 Å². The van der Waals surface area contributed by atoms with Crippen LogP contribution in [-0.4, -0.2) is 62.7 Å². The fourth-order valence-corrected chi connectivity index (χ4v) is 3.91. The number of nitrogens with one attached hydrogen (secondary N) is 2. The van der Waals surface area contributed by atoms with Gasteiger partial charge in [0.05, 0.1) is 23.8 Å². The Hall–Kier alpha value is -3.61. The van der Waals surface area contributed by atoms with Gasteiger partial charge < -0.3 is 19.8 Å². The Morgan fingerprint density at radius 2 is 1.72 bits per heavy atom. The van der Waals surface area contributed by atoms with Gasteiger partial charge in [-0.3, -0.25) is 9.59 Å². The Kier molecular flexibility index (Phi) is 4.27. The molecule has 0 spiro atoms. The van der Waals surface area contributed by atoms with Crippen LogP contribution in [0.15, 0.2) is 55.0 Å². The van der Waals surface area contributed by atoms with Crippen molar-refractivity contribution >= 4 is 33.8 Å². The molecule has 29 heavy (non-hydrogen) atoms. The number of nitrogens with zero attached hydrogens (tertiary/aromatic N) is 3. The van der Waals surface area contributed by atoms with Gasteiger partial charge in [-0.05, 0) is 47.3 Å². The van der Waals surface area contributed by atoms with Crippen LogP contribution in [0.5, 0.6) is 0 Å². The molecule has 2 aromatic carbocycles. The van der Waals surface area contributed by atoms with Gasteiger partial charge in [0.15, 0.2) is 0 Å². The van der Waals surface area contributed by atoms with E-state index in [0.717, 1.165) is 27.5 Å². The molecule has 1 fully saturated rings. The summed E-state index contributed by atoms with van der Waals surface area (Å²) in [6.07, 6.45) is 3.90. The first kappa shape index (κ1) is 17.5. The predicted octanol–water partition coefficient (Wildman–Crippen LogP) is 2.57. The predicted molar refractivity (Wildman–Crippen MR) is 111 cm³/mol. The number of H-pyrrole nitrogens is 2. The van der Waals surface area contributed by atoms with Crippen LogP contribution in [0.3, 0.4) is 0 Å². The first-order valence-electron chi connectivity index (χ1n) is 9.73. The number of carbonyl (C=O) groups is 2. The smallest absolute Gasteiger partial charge is 0.254 e. The standard InChI is InChI=1S/C22H21N5O2/c28-21(12-15-1-3-18-16(11-15)5-6-23-18)26-7-9-27(10-8-26)22(29)17-2-4-19-20(13-17)25-14-24-19/h1-6,11,13-14,23H,7-10,12H2,(H,24,25). The van der Waals surface area contributed by atoms with Crippen LogP contribution in [-0.2, 0) is 11.2 Å². The van der Waals surface area contributed by atoms with Crippen LogP contribution in [0.1, 0.15) is 15.9 Å². The van der Waals surface area contributed by atoms with E-state index in [9.17, 15) is 9.59 Å². The second kappa shape index (κ2) is 7.09. The summed E-state index contributed by atoms with van der Waals surface area (Å²) >= 11 is 0. The van der Waals surface area contributed by atoms with Gasteiger partial charge in [0.25, 0.3) is 5.91 Å². The van der Waals surface area contributed by atoms with Gasteiger partial charge in [0.2, 0.25) is 5.91 Å². The normalized spacial score (nSPS) is 14.6. The van der Waals surface area contributed by atoms with Crippen molar-refractivity contribution in [2.24, 2.45) is 0 Å². The maximum absolute atomic E-state index is 12.8. The largest absolute Gasteiger partial charge is 0.361 e. The third-order valence-electron chi connectivity index (χ3n) is 5.56. The number of hydrogen-bond acceptors (Lipinski definition) is 3. The Balaban J connectivity index is 1.21. The van der Waals surface area contributed by atoms with E-state index in [-0.39, 0.29) is 11.8 Å². The van der Waals surface area contributed by atoms with Crippen molar-refractivity contribution in [1.82, 2.24) is 24.8 Å². The molecular weight excluding hydrogens is 366 g/mol. The third kappa shape index (κ3) is 3.35. The van der Waals surface area contributed by atoms with Crippen molar-refractivity contribution in [3.8, 4) is 0 Å². The molecule has 1 saturated heterocycles. The molecule has 0 radical (unpaired) electrons. The zero-order valence-corrected chi connectivity index (χ0v) is 15.9. The minimum Gasteiger partial charge on any atom is -0.361 e. The molecule has 0 saturated carbocycles. The maximum atomic E-state index is 12.8. The van der Waals surface area contributed by atoms with Crippen LogP contribution in [0.2, 0.25) is 0 Å². The summed E-state index contributed by atoms with van der Waals surface area (Å²) in [5.74, 6) is 0.0948. The number of aromatic nitrogens is 3. The summed E-state index contributed by atoms with van der Waals surface area (Å²) in [6.45, 7) is 2.21. The first-order valence-corrected chi connectivity index (χ1v) is 9.73. The zero-order valence-electron chi connectivity index (χ0n) is 15.9. The number of hydrogen-bond donors (Lipinski definition) is 2. The van der Waals surface area contributed by atoms with Crippen molar-refractivity contribution < 1.29 is 9.59 Å². The highest BCUT2D eigenvalue weighted by Gasteiger charge is 2.25. The molecule has 1 aliphatic rings. The highest BCUT2D eigenvalue weighted by Crippen LogP contribution is 2.17. The monoisotopic (exact) mass is 387 g/mol. The van der Waals surface area contributed by atoms with E-state index < -0.39 is 0 Å². The number of benzene rings is 2. The lowest BCUT2D eigenvalue weighted by atomic mass is 10.1. The van der Waals surface area contributed by atoms with Crippen LogP contribution in [0.4, 0.5) is 0 Å². The molecule has 0 aliphatic carbocycles. The molecular formula is C22H21N5O2. The molecule has 146 valence electrons. The van der Waals surface area contributed by atoms with E-state index in [0.29, 0.717) is 38.2 Å². The van der Waals surface area contributed by atoms with Crippen molar-refractivity contribution in [2.75, 3.05) is 26.2 Å². The number of piperazine rings is 1. The Morgan fingerprint density at radius 3 is 2.59 bits per heavy atom. The number of rotatable bonds is 3. The molecule has 0 atom stereocenters. The van der Waals surface area contributed by atoms with Crippen molar-refractivity contribution in [3.63, 3.8) is 0 Å². The lowest BCUT2D eigenvalue weighted by Crippen LogP contribution is -2.51. The van der Waals surface area contributed by atoms with E-state index in [1.54, 1.807) is 12.4 Å². The average Bonchev–Trinajstić information content (AvgIpc) is 3.41.